The lowest BCUT2D eigenvalue weighted by atomic mass is 10.2. The van der Waals surface area contributed by atoms with Gasteiger partial charge >= 0.3 is 0 Å². The van der Waals surface area contributed by atoms with Crippen molar-refractivity contribution in [3.63, 3.8) is 0 Å². The van der Waals surface area contributed by atoms with Crippen molar-refractivity contribution in [2.24, 2.45) is 0 Å². The first-order valence-corrected chi connectivity index (χ1v) is 5.71. The maximum atomic E-state index is 5.92. The van der Waals surface area contributed by atoms with E-state index in [-0.39, 0.29) is 0 Å². The van der Waals surface area contributed by atoms with Crippen LogP contribution >= 0.6 is 0 Å². The van der Waals surface area contributed by atoms with Crippen LogP contribution in [0.1, 0.15) is 0 Å². The molecule has 0 N–H and O–H groups in total. The van der Waals surface area contributed by atoms with E-state index in [9.17, 15) is 0 Å². The zero-order valence-electron chi connectivity index (χ0n) is 10.6. The van der Waals surface area contributed by atoms with Crippen molar-refractivity contribution >= 4 is 5.69 Å². The molecule has 0 radical (unpaired) electrons. The quantitative estimate of drug-likeness (QED) is 0.728. The molecule has 0 spiro atoms. The van der Waals surface area contributed by atoms with Gasteiger partial charge in [-0.2, -0.15) is 0 Å². The topological polar surface area (TPSA) is 9.23 Å². The number of ether oxygens (including phenoxy) is 1. The van der Waals surface area contributed by atoms with Gasteiger partial charge in [0.25, 0.3) is 0 Å². The molecule has 2 aromatic rings. The Morgan fingerprint density at radius 3 is 2.00 bits per heavy atom. The molecule has 0 unspecified atom stereocenters. The Labute approximate surface area is 103 Å². The predicted octanol–water partition coefficient (Wildman–Crippen LogP) is 3.68. The Balaban J connectivity index is 2.34. The van der Waals surface area contributed by atoms with Crippen LogP contribution in [0.4, 0.5) is 5.69 Å². The van der Waals surface area contributed by atoms with Crippen LogP contribution in [0.25, 0.3) is 0 Å². The van der Waals surface area contributed by atoms with E-state index in [4.69, 9.17) is 4.74 Å². The Kier molecular flexibility index (Phi) is 3.16. The van der Waals surface area contributed by atoms with E-state index in [1.54, 1.807) is 0 Å². The summed E-state index contributed by atoms with van der Waals surface area (Å²) < 4.78 is 6.66. The van der Waals surface area contributed by atoms with Crippen LogP contribution in [0, 0.1) is 0 Å². The van der Waals surface area contributed by atoms with Gasteiger partial charge in [0.15, 0.2) is 11.4 Å². The zero-order valence-corrected chi connectivity index (χ0v) is 10.6. The lowest BCUT2D eigenvalue weighted by molar-refractivity contribution is 0.433. The summed E-state index contributed by atoms with van der Waals surface area (Å²) in [6, 6.07) is 18.0. The number of quaternary nitrogens is 1. The van der Waals surface area contributed by atoms with E-state index in [2.05, 4.69) is 27.2 Å². The summed E-state index contributed by atoms with van der Waals surface area (Å²) in [6.07, 6.45) is 0. The number of benzene rings is 2. The van der Waals surface area contributed by atoms with Crippen LogP contribution in [0.5, 0.6) is 11.5 Å². The van der Waals surface area contributed by atoms with Crippen molar-refractivity contribution in [1.82, 2.24) is 4.48 Å². The summed E-state index contributed by atoms with van der Waals surface area (Å²) in [5, 5.41) is 0. The van der Waals surface area contributed by atoms with Gasteiger partial charge in [-0.05, 0) is 18.2 Å². The van der Waals surface area contributed by atoms with Crippen LogP contribution in [0.2, 0.25) is 0 Å². The first-order valence-electron chi connectivity index (χ1n) is 5.71. The van der Waals surface area contributed by atoms with Crippen LogP contribution < -0.4 is 9.22 Å². The molecule has 0 amide bonds. The number of hydrogen-bond acceptors (Lipinski definition) is 1. The van der Waals surface area contributed by atoms with Gasteiger partial charge in [-0.1, -0.05) is 30.3 Å². The fraction of sp³-hybridized carbons (Fsp3) is 0.200. The zero-order chi connectivity index (χ0) is 12.3. The van der Waals surface area contributed by atoms with Gasteiger partial charge in [-0.25, -0.2) is 0 Å². The minimum atomic E-state index is 0.739. The molecule has 2 nitrogen and oxygen atoms in total. The molecule has 88 valence electrons. The molecule has 0 saturated heterocycles. The molecule has 2 heteroatoms. The summed E-state index contributed by atoms with van der Waals surface area (Å²) in [5.74, 6) is 1.78. The molecule has 0 aliphatic rings. The third-order valence-corrected chi connectivity index (χ3v) is 2.56. The van der Waals surface area contributed by atoms with Crippen molar-refractivity contribution in [2.45, 2.75) is 0 Å². The second kappa shape index (κ2) is 4.60. The Hall–Kier alpha value is -1.80. The molecule has 2 aromatic carbocycles. The predicted molar refractivity (Wildman–Crippen MR) is 72.5 cm³/mol. The highest BCUT2D eigenvalue weighted by Gasteiger charge is 2.18. The number of para-hydroxylation sites is 3. The third kappa shape index (κ3) is 2.86. The van der Waals surface area contributed by atoms with Crippen molar-refractivity contribution in [3.05, 3.63) is 54.6 Å². The third-order valence-electron chi connectivity index (χ3n) is 2.56. The summed E-state index contributed by atoms with van der Waals surface area (Å²) in [6.45, 7) is 0. The highest BCUT2D eigenvalue weighted by atomic mass is 16.5. The standard InChI is InChI=1S/C15H18NO/c1-16(2,3)14-11-7-8-12-15(14)17-13-9-5-4-6-10-13/h4-12H,1-3H3/q+1. The lowest BCUT2D eigenvalue weighted by Crippen LogP contribution is -2.35. The van der Waals surface area contributed by atoms with Crippen molar-refractivity contribution < 1.29 is 4.74 Å². The van der Waals surface area contributed by atoms with Crippen LogP contribution in [-0.2, 0) is 0 Å². The maximum Gasteiger partial charge on any atom is 0.187 e. The van der Waals surface area contributed by atoms with Gasteiger partial charge in [0.1, 0.15) is 5.75 Å². The molecule has 0 fully saturated rings. The monoisotopic (exact) mass is 228 g/mol. The minimum absolute atomic E-state index is 0.739. The van der Waals surface area contributed by atoms with Gasteiger partial charge < -0.3 is 4.74 Å². The van der Waals surface area contributed by atoms with Gasteiger partial charge in [-0.15, -0.1) is 0 Å². The van der Waals surface area contributed by atoms with Gasteiger partial charge in [0.05, 0.1) is 21.1 Å². The molecular formula is C15H18NO+. The van der Waals surface area contributed by atoms with Crippen LogP contribution in [0.3, 0.4) is 0 Å². The molecule has 0 aliphatic heterocycles. The fourth-order valence-corrected chi connectivity index (χ4v) is 1.71. The molecular weight excluding hydrogens is 210 g/mol. The number of rotatable bonds is 3. The second-order valence-electron chi connectivity index (χ2n) is 4.90. The Morgan fingerprint density at radius 1 is 0.765 bits per heavy atom. The van der Waals surface area contributed by atoms with E-state index in [0.29, 0.717) is 0 Å². The lowest BCUT2D eigenvalue weighted by Gasteiger charge is -2.25. The molecule has 0 atom stereocenters. The summed E-state index contributed by atoms with van der Waals surface area (Å²) in [5.41, 5.74) is 1.16. The summed E-state index contributed by atoms with van der Waals surface area (Å²) in [7, 11) is 6.40. The molecule has 0 bridgehead atoms. The minimum Gasteiger partial charge on any atom is -0.451 e. The molecule has 0 aliphatic carbocycles. The molecule has 17 heavy (non-hydrogen) atoms. The summed E-state index contributed by atoms with van der Waals surface area (Å²) >= 11 is 0. The van der Waals surface area contributed by atoms with E-state index in [1.807, 2.05) is 48.5 Å². The van der Waals surface area contributed by atoms with Gasteiger partial charge in [0, 0.05) is 6.07 Å². The Bertz CT molecular complexity index is 486. The van der Waals surface area contributed by atoms with E-state index < -0.39 is 0 Å². The molecule has 0 saturated carbocycles. The van der Waals surface area contributed by atoms with Gasteiger partial charge in [-0.3, -0.25) is 4.48 Å². The first-order chi connectivity index (χ1) is 8.07. The van der Waals surface area contributed by atoms with Crippen LogP contribution in [0.15, 0.2) is 54.6 Å². The Morgan fingerprint density at radius 2 is 1.35 bits per heavy atom. The van der Waals surface area contributed by atoms with E-state index in [1.165, 1.54) is 0 Å². The second-order valence-corrected chi connectivity index (χ2v) is 4.90. The normalized spacial score (nSPS) is 11.2. The number of nitrogens with zero attached hydrogens (tertiary/aromatic N) is 1. The van der Waals surface area contributed by atoms with Crippen molar-refractivity contribution in [3.8, 4) is 11.5 Å². The molecule has 0 aromatic heterocycles. The number of hydrogen-bond donors (Lipinski definition) is 0. The average Bonchev–Trinajstić information content (AvgIpc) is 2.30. The highest BCUT2D eigenvalue weighted by Crippen LogP contribution is 2.33. The average molecular weight is 228 g/mol. The van der Waals surface area contributed by atoms with E-state index in [0.717, 1.165) is 21.7 Å². The highest BCUT2D eigenvalue weighted by molar-refractivity contribution is 5.55. The van der Waals surface area contributed by atoms with Crippen molar-refractivity contribution in [1.29, 1.82) is 0 Å². The smallest absolute Gasteiger partial charge is 0.187 e. The largest absolute Gasteiger partial charge is 0.451 e. The van der Waals surface area contributed by atoms with Crippen molar-refractivity contribution in [2.75, 3.05) is 21.1 Å². The fourth-order valence-electron chi connectivity index (χ4n) is 1.71. The summed E-state index contributed by atoms with van der Waals surface area (Å²) in [4.78, 5) is 0. The SMILES string of the molecule is C[N+](C)(C)c1ccccc1Oc1ccccc1. The maximum absolute atomic E-state index is 5.92. The van der Waals surface area contributed by atoms with Gasteiger partial charge in [0.2, 0.25) is 0 Å². The molecule has 0 heterocycles. The molecule has 2 rings (SSSR count). The van der Waals surface area contributed by atoms with Crippen LogP contribution in [-0.4, -0.2) is 21.1 Å². The first kappa shape index (κ1) is 11.7. The van der Waals surface area contributed by atoms with E-state index >= 15 is 0 Å².